The first-order valence-electron chi connectivity index (χ1n) is 10.3. The lowest BCUT2D eigenvalue weighted by Gasteiger charge is -2.35. The Kier molecular flexibility index (Phi) is 7.12. The van der Waals surface area contributed by atoms with Gasteiger partial charge in [-0.1, -0.05) is 17.7 Å². The fraction of sp³-hybridized carbons (Fsp3) is 0.227. The van der Waals surface area contributed by atoms with E-state index in [0.717, 1.165) is 6.07 Å². The van der Waals surface area contributed by atoms with Gasteiger partial charge in [0, 0.05) is 24.2 Å². The number of carbonyl (C=O) groups is 1. The molecular formula is C22H19ClF3N7O2. The average molecular weight is 506 g/mol. The van der Waals surface area contributed by atoms with E-state index in [1.165, 1.54) is 53.0 Å². The standard InChI is InChI=1S/C22H19ClF3N7O2/c23-15-9-32(10-16-17(4-3-7-28-16)33-13-27-12-31-33)21(20(24)14(15)8-19(34)35)30-11-22(25,26)18-5-1-2-6-29-18/h1-7,9,12-13,21,30H,8,10-11H2,(H,34,35). The molecule has 0 saturated heterocycles. The Morgan fingerprint density at radius 2 is 2.00 bits per heavy atom. The molecule has 3 aromatic rings. The molecule has 0 aliphatic carbocycles. The van der Waals surface area contributed by atoms with Crippen molar-refractivity contribution in [1.82, 2.24) is 34.9 Å². The molecule has 9 nitrogen and oxygen atoms in total. The third-order valence-corrected chi connectivity index (χ3v) is 5.50. The first-order chi connectivity index (χ1) is 16.8. The lowest BCUT2D eigenvalue weighted by Crippen LogP contribution is -2.49. The molecule has 1 unspecified atom stereocenters. The molecular weight excluding hydrogens is 487 g/mol. The third-order valence-electron chi connectivity index (χ3n) is 5.18. The van der Waals surface area contributed by atoms with Crippen molar-refractivity contribution in [2.75, 3.05) is 6.54 Å². The highest BCUT2D eigenvalue weighted by Gasteiger charge is 2.37. The molecule has 0 radical (unpaired) electrons. The Bertz CT molecular complexity index is 1250. The summed E-state index contributed by atoms with van der Waals surface area (Å²) in [4.78, 5) is 24.5. The van der Waals surface area contributed by atoms with Gasteiger partial charge in [0.2, 0.25) is 0 Å². The fourth-order valence-electron chi connectivity index (χ4n) is 3.55. The van der Waals surface area contributed by atoms with Crippen LogP contribution in [0.2, 0.25) is 0 Å². The number of pyridine rings is 2. The van der Waals surface area contributed by atoms with Crippen molar-refractivity contribution >= 4 is 17.6 Å². The summed E-state index contributed by atoms with van der Waals surface area (Å²) in [5.74, 6) is -5.72. The van der Waals surface area contributed by atoms with Crippen LogP contribution in [0.5, 0.6) is 0 Å². The Labute approximate surface area is 202 Å². The van der Waals surface area contributed by atoms with Crippen molar-refractivity contribution < 1.29 is 23.1 Å². The molecule has 0 bridgehead atoms. The lowest BCUT2D eigenvalue weighted by molar-refractivity contribution is -0.136. The Morgan fingerprint density at radius 1 is 1.20 bits per heavy atom. The van der Waals surface area contributed by atoms with Crippen LogP contribution in [0.1, 0.15) is 17.8 Å². The second kappa shape index (κ2) is 10.2. The van der Waals surface area contributed by atoms with Crippen molar-refractivity contribution in [3.63, 3.8) is 0 Å². The second-order valence-corrected chi connectivity index (χ2v) is 7.97. The van der Waals surface area contributed by atoms with Crippen LogP contribution in [0.3, 0.4) is 0 Å². The van der Waals surface area contributed by atoms with E-state index in [0.29, 0.717) is 11.4 Å². The normalized spacial score (nSPS) is 16.4. The SMILES string of the molecule is O=C(O)CC1=C(F)C(NCC(F)(F)c2ccccn2)N(Cc2ncccc2-n2cncn2)C=C1Cl. The van der Waals surface area contributed by atoms with E-state index in [4.69, 9.17) is 16.7 Å². The van der Waals surface area contributed by atoms with Crippen molar-refractivity contribution in [3.8, 4) is 5.69 Å². The van der Waals surface area contributed by atoms with Crippen LogP contribution in [0, 0.1) is 0 Å². The van der Waals surface area contributed by atoms with Gasteiger partial charge in [-0.05, 0) is 24.3 Å². The summed E-state index contributed by atoms with van der Waals surface area (Å²) in [7, 11) is 0. The first-order valence-corrected chi connectivity index (χ1v) is 10.7. The number of rotatable bonds is 9. The van der Waals surface area contributed by atoms with Gasteiger partial charge >= 0.3 is 11.9 Å². The van der Waals surface area contributed by atoms with Crippen LogP contribution < -0.4 is 5.32 Å². The summed E-state index contributed by atoms with van der Waals surface area (Å²) >= 11 is 6.20. The number of nitrogens with one attached hydrogen (secondary N) is 1. The molecule has 1 atom stereocenters. The zero-order chi connectivity index (χ0) is 25.0. The third kappa shape index (κ3) is 5.49. The fourth-order valence-corrected chi connectivity index (χ4v) is 3.83. The number of carboxylic acid groups (broad SMARTS) is 1. The molecule has 0 saturated carbocycles. The molecule has 1 aliphatic heterocycles. The molecule has 0 fully saturated rings. The topological polar surface area (TPSA) is 109 Å². The quantitative estimate of drug-likeness (QED) is 0.456. The number of hydrogen-bond acceptors (Lipinski definition) is 7. The van der Waals surface area contributed by atoms with E-state index in [1.807, 2.05) is 0 Å². The maximum Gasteiger partial charge on any atom is 0.307 e. The minimum absolute atomic E-state index is 0.0626. The zero-order valence-corrected chi connectivity index (χ0v) is 18.8. The molecule has 35 heavy (non-hydrogen) atoms. The van der Waals surface area contributed by atoms with Gasteiger partial charge in [-0.2, -0.15) is 13.9 Å². The molecule has 1 aliphatic rings. The number of aliphatic carboxylic acids is 1. The number of aromatic nitrogens is 5. The predicted molar refractivity (Wildman–Crippen MR) is 119 cm³/mol. The van der Waals surface area contributed by atoms with Gasteiger partial charge in [0.15, 0.2) is 0 Å². The Hall–Kier alpha value is -3.77. The van der Waals surface area contributed by atoms with Gasteiger partial charge in [0.25, 0.3) is 0 Å². The number of halogens is 4. The average Bonchev–Trinajstić information content (AvgIpc) is 3.37. The summed E-state index contributed by atoms with van der Waals surface area (Å²) in [6.07, 6.45) is 4.69. The van der Waals surface area contributed by atoms with Gasteiger partial charge in [-0.25, -0.2) is 14.1 Å². The van der Waals surface area contributed by atoms with Crippen LogP contribution in [0.4, 0.5) is 13.2 Å². The Balaban J connectivity index is 1.65. The Morgan fingerprint density at radius 3 is 2.69 bits per heavy atom. The largest absolute Gasteiger partial charge is 0.481 e. The monoisotopic (exact) mass is 505 g/mol. The maximum absolute atomic E-state index is 15.5. The highest BCUT2D eigenvalue weighted by Crippen LogP contribution is 2.34. The van der Waals surface area contributed by atoms with Crippen molar-refractivity contribution in [1.29, 1.82) is 0 Å². The van der Waals surface area contributed by atoms with Gasteiger partial charge in [0.05, 0.1) is 35.9 Å². The first kappa shape index (κ1) is 24.4. The summed E-state index contributed by atoms with van der Waals surface area (Å²) in [6, 6.07) is 7.48. The summed E-state index contributed by atoms with van der Waals surface area (Å²) in [5, 5.41) is 15.6. The highest BCUT2D eigenvalue weighted by atomic mass is 35.5. The van der Waals surface area contributed by atoms with E-state index >= 15 is 4.39 Å². The van der Waals surface area contributed by atoms with E-state index in [-0.39, 0.29) is 17.2 Å². The van der Waals surface area contributed by atoms with Crippen LogP contribution in [-0.4, -0.2) is 53.4 Å². The van der Waals surface area contributed by atoms with E-state index in [1.54, 1.807) is 12.1 Å². The number of carboxylic acids is 1. The van der Waals surface area contributed by atoms with E-state index < -0.39 is 42.5 Å². The van der Waals surface area contributed by atoms with Gasteiger partial charge in [-0.15, -0.1) is 0 Å². The minimum Gasteiger partial charge on any atom is -0.481 e. The van der Waals surface area contributed by atoms with Crippen LogP contribution in [0.15, 0.2) is 78.0 Å². The maximum atomic E-state index is 15.5. The van der Waals surface area contributed by atoms with Gasteiger partial charge in [-0.3, -0.25) is 20.1 Å². The minimum atomic E-state index is -3.43. The number of allylic oxidation sites excluding steroid dienone is 1. The van der Waals surface area contributed by atoms with Crippen LogP contribution >= 0.6 is 11.6 Å². The lowest BCUT2D eigenvalue weighted by atomic mass is 10.1. The van der Waals surface area contributed by atoms with Crippen molar-refractivity contribution in [2.45, 2.75) is 25.1 Å². The molecule has 2 N–H and O–H groups in total. The van der Waals surface area contributed by atoms with Crippen LogP contribution in [0.25, 0.3) is 5.69 Å². The molecule has 182 valence electrons. The molecule has 0 amide bonds. The summed E-state index contributed by atoms with van der Waals surface area (Å²) in [6.45, 7) is -1.03. The highest BCUT2D eigenvalue weighted by molar-refractivity contribution is 6.32. The number of nitrogens with zero attached hydrogens (tertiary/aromatic N) is 6. The predicted octanol–water partition coefficient (Wildman–Crippen LogP) is 3.36. The van der Waals surface area contributed by atoms with Crippen molar-refractivity contribution in [2.24, 2.45) is 0 Å². The molecule has 13 heteroatoms. The van der Waals surface area contributed by atoms with E-state index in [9.17, 15) is 13.6 Å². The van der Waals surface area contributed by atoms with Gasteiger partial charge < -0.3 is 10.0 Å². The number of alkyl halides is 2. The van der Waals surface area contributed by atoms with E-state index in [2.05, 4.69) is 25.4 Å². The molecule has 3 aromatic heterocycles. The van der Waals surface area contributed by atoms with Crippen LogP contribution in [-0.2, 0) is 17.3 Å². The van der Waals surface area contributed by atoms with Gasteiger partial charge in [0.1, 0.15) is 30.3 Å². The van der Waals surface area contributed by atoms with Crippen molar-refractivity contribution in [3.05, 3.63) is 89.4 Å². The molecule has 0 spiro atoms. The molecule has 4 heterocycles. The summed E-state index contributed by atoms with van der Waals surface area (Å²) in [5.41, 5.74) is 0.174. The zero-order valence-electron chi connectivity index (χ0n) is 18.0. The molecule has 0 aromatic carbocycles. The summed E-state index contributed by atoms with van der Waals surface area (Å²) < 4.78 is 46.5. The second-order valence-electron chi connectivity index (χ2n) is 7.56. The molecule has 4 rings (SSSR count). The number of hydrogen-bond donors (Lipinski definition) is 2. The smallest absolute Gasteiger partial charge is 0.307 e.